The summed E-state index contributed by atoms with van der Waals surface area (Å²) in [6.07, 6.45) is 1.58. The number of hydrogen-bond donors (Lipinski definition) is 2. The number of rotatable bonds is 3. The lowest BCUT2D eigenvalue weighted by Crippen LogP contribution is -2.33. The molecule has 0 heterocycles. The van der Waals surface area contributed by atoms with Crippen molar-refractivity contribution >= 4 is 37.8 Å². The molecule has 2 rings (SSSR count). The van der Waals surface area contributed by atoms with Crippen molar-refractivity contribution in [2.75, 3.05) is 6.54 Å². The van der Waals surface area contributed by atoms with Crippen LogP contribution >= 0.6 is 31.9 Å². The fourth-order valence-electron chi connectivity index (χ4n) is 2.49. The van der Waals surface area contributed by atoms with Gasteiger partial charge in [-0.2, -0.15) is 0 Å². The zero-order chi connectivity index (χ0) is 12.6. The van der Waals surface area contributed by atoms with Crippen LogP contribution in [-0.2, 0) is 17.6 Å². The lowest BCUT2D eigenvalue weighted by atomic mass is 9.81. The number of carboxylic acids is 1. The largest absolute Gasteiger partial charge is 0.481 e. The lowest BCUT2D eigenvalue weighted by molar-refractivity contribution is -0.139. The van der Waals surface area contributed by atoms with E-state index in [-0.39, 0.29) is 11.8 Å². The van der Waals surface area contributed by atoms with Gasteiger partial charge in [0.25, 0.3) is 0 Å². The molecular formula is C12H13Br2NO2. The van der Waals surface area contributed by atoms with Gasteiger partial charge in [-0.25, -0.2) is 0 Å². The van der Waals surface area contributed by atoms with Crippen LogP contribution in [0.15, 0.2) is 21.1 Å². The van der Waals surface area contributed by atoms with Crippen LogP contribution in [0, 0.1) is 5.41 Å². The van der Waals surface area contributed by atoms with Gasteiger partial charge >= 0.3 is 5.97 Å². The minimum absolute atomic E-state index is 0.122. The number of fused-ring (bicyclic) bond motifs is 1. The molecule has 1 aromatic rings. The van der Waals surface area contributed by atoms with Crippen molar-refractivity contribution in [3.05, 3.63) is 32.2 Å². The highest BCUT2D eigenvalue weighted by molar-refractivity contribution is 9.11. The fraction of sp³-hybridized carbons (Fsp3) is 0.417. The molecule has 0 saturated carbocycles. The first-order valence-corrected chi connectivity index (χ1v) is 6.94. The monoisotopic (exact) mass is 361 g/mol. The lowest BCUT2D eigenvalue weighted by Gasteiger charge is -2.24. The van der Waals surface area contributed by atoms with Gasteiger partial charge in [-0.3, -0.25) is 4.79 Å². The molecule has 17 heavy (non-hydrogen) atoms. The molecule has 5 heteroatoms. The smallest absolute Gasteiger partial charge is 0.303 e. The minimum Gasteiger partial charge on any atom is -0.481 e. The number of hydrogen-bond acceptors (Lipinski definition) is 2. The normalized spacial score (nSPS) is 16.9. The van der Waals surface area contributed by atoms with Crippen LogP contribution in [0.1, 0.15) is 17.5 Å². The molecule has 3 nitrogen and oxygen atoms in total. The Labute approximate surface area is 117 Å². The predicted molar refractivity (Wildman–Crippen MR) is 73.0 cm³/mol. The summed E-state index contributed by atoms with van der Waals surface area (Å²) < 4.78 is 2.08. The molecule has 1 aliphatic rings. The van der Waals surface area contributed by atoms with E-state index in [0.29, 0.717) is 6.54 Å². The van der Waals surface area contributed by atoms with Gasteiger partial charge in [0, 0.05) is 14.4 Å². The maximum absolute atomic E-state index is 11.0. The number of carboxylic acid groups (broad SMARTS) is 1. The van der Waals surface area contributed by atoms with Crippen LogP contribution in [0.5, 0.6) is 0 Å². The van der Waals surface area contributed by atoms with Gasteiger partial charge in [0.1, 0.15) is 0 Å². The van der Waals surface area contributed by atoms with Crippen LogP contribution in [0.25, 0.3) is 0 Å². The summed E-state index contributed by atoms with van der Waals surface area (Å²) in [6, 6.07) is 3.96. The van der Waals surface area contributed by atoms with Gasteiger partial charge in [0.2, 0.25) is 0 Å². The zero-order valence-corrected chi connectivity index (χ0v) is 12.3. The van der Waals surface area contributed by atoms with Gasteiger partial charge in [-0.1, -0.05) is 31.9 Å². The molecule has 1 aliphatic carbocycles. The Morgan fingerprint density at radius 1 is 1.29 bits per heavy atom. The van der Waals surface area contributed by atoms with Gasteiger partial charge in [0.05, 0.1) is 6.42 Å². The Hall–Kier alpha value is -0.390. The van der Waals surface area contributed by atoms with Crippen LogP contribution < -0.4 is 5.73 Å². The average Bonchev–Trinajstić information content (AvgIpc) is 2.64. The molecule has 0 atom stereocenters. The molecule has 0 bridgehead atoms. The van der Waals surface area contributed by atoms with E-state index in [1.54, 1.807) is 0 Å². The van der Waals surface area contributed by atoms with Crippen LogP contribution in [0.4, 0.5) is 0 Å². The second kappa shape index (κ2) is 4.71. The third kappa shape index (κ3) is 2.41. The molecule has 0 aliphatic heterocycles. The first-order valence-electron chi connectivity index (χ1n) is 5.35. The SMILES string of the molecule is NCC1(CC(=O)O)Cc2c(Br)ccc(Br)c2C1. The van der Waals surface area contributed by atoms with Gasteiger partial charge < -0.3 is 10.8 Å². The fourth-order valence-corrected chi connectivity index (χ4v) is 3.52. The Kier molecular flexibility index (Phi) is 3.61. The number of carbonyl (C=O) groups is 1. The van der Waals surface area contributed by atoms with E-state index in [2.05, 4.69) is 31.9 Å². The molecule has 0 spiro atoms. The Morgan fingerprint density at radius 2 is 1.76 bits per heavy atom. The summed E-state index contributed by atoms with van der Waals surface area (Å²) in [6.45, 7) is 0.396. The highest BCUT2D eigenvalue weighted by atomic mass is 79.9. The third-order valence-corrected chi connectivity index (χ3v) is 4.87. The third-order valence-electron chi connectivity index (χ3n) is 3.38. The molecule has 0 amide bonds. The van der Waals surface area contributed by atoms with Crippen molar-refractivity contribution in [3.63, 3.8) is 0 Å². The van der Waals surface area contributed by atoms with E-state index in [9.17, 15) is 4.79 Å². The topological polar surface area (TPSA) is 63.3 Å². The molecule has 3 N–H and O–H groups in total. The number of nitrogens with two attached hydrogens (primary N) is 1. The van der Waals surface area contributed by atoms with E-state index in [1.807, 2.05) is 12.1 Å². The number of halogens is 2. The number of benzene rings is 1. The Balaban J connectivity index is 2.39. The first kappa shape index (κ1) is 13.1. The molecule has 0 saturated heterocycles. The summed E-state index contributed by atoms with van der Waals surface area (Å²) in [4.78, 5) is 11.0. The Morgan fingerprint density at radius 3 is 2.12 bits per heavy atom. The van der Waals surface area contributed by atoms with Crippen molar-refractivity contribution in [3.8, 4) is 0 Å². The molecule has 92 valence electrons. The Bertz CT molecular complexity index is 443. The maximum atomic E-state index is 11.0. The maximum Gasteiger partial charge on any atom is 0.303 e. The van der Waals surface area contributed by atoms with Crippen molar-refractivity contribution < 1.29 is 9.90 Å². The van der Waals surface area contributed by atoms with E-state index >= 15 is 0 Å². The number of aliphatic carboxylic acids is 1. The van der Waals surface area contributed by atoms with E-state index in [1.165, 1.54) is 11.1 Å². The highest BCUT2D eigenvalue weighted by Crippen LogP contribution is 2.44. The zero-order valence-electron chi connectivity index (χ0n) is 9.17. The van der Waals surface area contributed by atoms with Crippen molar-refractivity contribution in [2.24, 2.45) is 11.1 Å². The summed E-state index contributed by atoms with van der Waals surface area (Å²) in [5.41, 5.74) is 7.84. The van der Waals surface area contributed by atoms with Gasteiger partial charge in [-0.05, 0) is 42.6 Å². The van der Waals surface area contributed by atoms with Crippen molar-refractivity contribution in [1.29, 1.82) is 0 Å². The minimum atomic E-state index is -0.782. The van der Waals surface area contributed by atoms with Crippen molar-refractivity contribution in [2.45, 2.75) is 19.3 Å². The average molecular weight is 363 g/mol. The molecule has 0 unspecified atom stereocenters. The molecule has 1 aromatic carbocycles. The summed E-state index contributed by atoms with van der Waals surface area (Å²) in [5.74, 6) is -0.782. The quantitative estimate of drug-likeness (QED) is 0.868. The summed E-state index contributed by atoms with van der Waals surface area (Å²) >= 11 is 7.04. The van der Waals surface area contributed by atoms with E-state index in [4.69, 9.17) is 10.8 Å². The van der Waals surface area contributed by atoms with Gasteiger partial charge in [-0.15, -0.1) is 0 Å². The molecule has 0 radical (unpaired) electrons. The van der Waals surface area contributed by atoms with Crippen molar-refractivity contribution in [1.82, 2.24) is 0 Å². The first-order chi connectivity index (χ1) is 7.97. The summed E-state index contributed by atoms with van der Waals surface area (Å²) in [5, 5.41) is 9.01. The van der Waals surface area contributed by atoms with E-state index in [0.717, 1.165) is 21.8 Å². The molecule has 0 fully saturated rings. The van der Waals surface area contributed by atoms with Gasteiger partial charge in [0.15, 0.2) is 0 Å². The predicted octanol–water partition coefficient (Wildman–Crippen LogP) is 2.73. The standard InChI is InChI=1S/C12H13Br2NO2/c13-9-1-2-10(14)8-4-12(6-15,3-7(8)9)5-11(16)17/h1-2H,3-6,15H2,(H,16,17). The van der Waals surface area contributed by atoms with Crippen LogP contribution in [-0.4, -0.2) is 17.6 Å². The summed E-state index contributed by atoms with van der Waals surface area (Å²) in [7, 11) is 0. The second-order valence-corrected chi connectivity index (χ2v) is 6.32. The van der Waals surface area contributed by atoms with E-state index < -0.39 is 5.97 Å². The van der Waals surface area contributed by atoms with Crippen LogP contribution in [0.2, 0.25) is 0 Å². The highest BCUT2D eigenvalue weighted by Gasteiger charge is 2.39. The van der Waals surface area contributed by atoms with Crippen LogP contribution in [0.3, 0.4) is 0 Å². The molecule has 0 aromatic heterocycles. The second-order valence-electron chi connectivity index (χ2n) is 4.61. The molecular weight excluding hydrogens is 350 g/mol.